The molecule has 1 unspecified atom stereocenters. The minimum Gasteiger partial charge on any atom is -0.377 e. The average Bonchev–Trinajstić information content (AvgIpc) is 2.39. The van der Waals surface area contributed by atoms with E-state index in [0.29, 0.717) is 6.42 Å². The van der Waals surface area contributed by atoms with Crippen molar-refractivity contribution in [2.45, 2.75) is 44.6 Å². The molecule has 1 nitrogen and oxygen atoms in total. The van der Waals surface area contributed by atoms with Crippen molar-refractivity contribution < 1.29 is 5.11 Å². The van der Waals surface area contributed by atoms with E-state index in [0.717, 1.165) is 12.8 Å². The molecule has 96 valence electrons. The smallest absolute Gasteiger partial charge is 0.134 e. The van der Waals surface area contributed by atoms with Gasteiger partial charge in [0.05, 0.1) is 0 Å². The van der Waals surface area contributed by atoms with Crippen molar-refractivity contribution in [3.05, 3.63) is 37.5 Å². The lowest BCUT2D eigenvalue weighted by atomic mass is 10.1. The van der Waals surface area contributed by atoms with Crippen LogP contribution in [0.25, 0.3) is 0 Å². The van der Waals surface area contributed by atoms with E-state index in [2.05, 4.69) is 49.0 Å². The number of rotatable bonds is 8. The van der Waals surface area contributed by atoms with Crippen LogP contribution in [-0.4, -0.2) is 11.2 Å². The predicted octanol–water partition coefficient (Wildman–Crippen LogP) is 3.62. The molecule has 1 atom stereocenters. The van der Waals surface area contributed by atoms with Crippen LogP contribution in [0.5, 0.6) is 0 Å². The number of hydrogen-bond donors (Lipinski definition) is 1. The Bertz CT molecular complexity index is 368. The summed E-state index contributed by atoms with van der Waals surface area (Å²) < 4.78 is 0. The van der Waals surface area contributed by atoms with Gasteiger partial charge in [-0.2, -0.15) is 0 Å². The summed E-state index contributed by atoms with van der Waals surface area (Å²) in [6, 6.07) is 0. The number of hydrogen-bond acceptors (Lipinski definition) is 1. The molecular formula is C17H22O. The van der Waals surface area contributed by atoms with Gasteiger partial charge in [-0.25, -0.2) is 0 Å². The summed E-state index contributed by atoms with van der Waals surface area (Å²) in [5.41, 5.74) is 0. The first kappa shape index (κ1) is 16.3. The molecule has 0 saturated carbocycles. The van der Waals surface area contributed by atoms with Gasteiger partial charge in [0, 0.05) is 6.42 Å². The van der Waals surface area contributed by atoms with Gasteiger partial charge in [0.25, 0.3) is 0 Å². The second-order valence-electron chi connectivity index (χ2n) is 3.85. The fourth-order valence-corrected chi connectivity index (χ4v) is 1.25. The Balaban J connectivity index is 3.52. The van der Waals surface area contributed by atoms with Gasteiger partial charge in [-0.1, -0.05) is 49.1 Å². The van der Waals surface area contributed by atoms with Crippen molar-refractivity contribution >= 4 is 0 Å². The molecule has 0 bridgehead atoms. The highest BCUT2D eigenvalue weighted by atomic mass is 16.3. The van der Waals surface area contributed by atoms with Crippen molar-refractivity contribution in [3.63, 3.8) is 0 Å². The molecule has 0 amide bonds. The largest absolute Gasteiger partial charge is 0.377 e. The lowest BCUT2D eigenvalue weighted by Gasteiger charge is -1.93. The summed E-state index contributed by atoms with van der Waals surface area (Å²) >= 11 is 0. The Kier molecular flexibility index (Phi) is 12.1. The molecule has 0 aliphatic rings. The standard InChI is InChI=1S/C17H22O/c1-3-5-6-7-8-9-10-11-12-13-14-15-16-17(18)4-2/h3-4,10-11,17-18H,1-2,5-9,12H2/b11-10+. The van der Waals surface area contributed by atoms with Gasteiger partial charge < -0.3 is 5.11 Å². The van der Waals surface area contributed by atoms with Crippen LogP contribution >= 0.6 is 0 Å². The van der Waals surface area contributed by atoms with Crippen molar-refractivity contribution in [2.24, 2.45) is 0 Å². The minimum atomic E-state index is -0.773. The quantitative estimate of drug-likeness (QED) is 0.391. The fourth-order valence-electron chi connectivity index (χ4n) is 1.25. The van der Waals surface area contributed by atoms with E-state index in [-0.39, 0.29) is 0 Å². The van der Waals surface area contributed by atoms with Crippen LogP contribution in [0.4, 0.5) is 0 Å². The van der Waals surface area contributed by atoms with Gasteiger partial charge in [0.15, 0.2) is 0 Å². The van der Waals surface area contributed by atoms with Gasteiger partial charge in [0.2, 0.25) is 0 Å². The zero-order chi connectivity index (χ0) is 13.5. The third kappa shape index (κ3) is 12.4. The Morgan fingerprint density at radius 3 is 2.50 bits per heavy atom. The summed E-state index contributed by atoms with van der Waals surface area (Å²) in [6.45, 7) is 7.12. The molecule has 0 radical (unpaired) electrons. The van der Waals surface area contributed by atoms with E-state index in [1.807, 2.05) is 6.08 Å². The highest BCUT2D eigenvalue weighted by Gasteiger charge is 1.85. The Labute approximate surface area is 111 Å². The van der Waals surface area contributed by atoms with E-state index in [9.17, 15) is 0 Å². The zero-order valence-electron chi connectivity index (χ0n) is 11.0. The number of aliphatic hydroxyl groups excluding tert-OH is 1. The van der Waals surface area contributed by atoms with Crippen LogP contribution in [0.2, 0.25) is 0 Å². The van der Waals surface area contributed by atoms with E-state index in [1.54, 1.807) is 0 Å². The molecule has 0 aromatic carbocycles. The summed E-state index contributed by atoms with van der Waals surface area (Å²) in [6.07, 6.45) is 13.5. The molecular weight excluding hydrogens is 220 g/mol. The number of aliphatic hydroxyl groups is 1. The Morgan fingerprint density at radius 1 is 1.00 bits per heavy atom. The summed E-state index contributed by atoms with van der Waals surface area (Å²) in [7, 11) is 0. The van der Waals surface area contributed by atoms with Crippen LogP contribution in [0, 0.1) is 23.7 Å². The maximum absolute atomic E-state index is 9.04. The van der Waals surface area contributed by atoms with Crippen LogP contribution < -0.4 is 0 Å². The maximum Gasteiger partial charge on any atom is 0.134 e. The van der Waals surface area contributed by atoms with Gasteiger partial charge in [-0.3, -0.25) is 0 Å². The first-order valence-electron chi connectivity index (χ1n) is 6.36. The molecule has 0 spiro atoms. The lowest BCUT2D eigenvalue weighted by Crippen LogP contribution is -1.94. The first-order chi connectivity index (χ1) is 8.81. The van der Waals surface area contributed by atoms with Crippen LogP contribution in [0.1, 0.15) is 38.5 Å². The molecule has 1 heteroatoms. The van der Waals surface area contributed by atoms with Gasteiger partial charge in [0.1, 0.15) is 6.10 Å². The normalized spacial score (nSPS) is 10.9. The molecule has 0 aromatic rings. The molecule has 0 aliphatic carbocycles. The van der Waals surface area contributed by atoms with Crippen LogP contribution in [-0.2, 0) is 0 Å². The first-order valence-corrected chi connectivity index (χ1v) is 6.36. The average molecular weight is 242 g/mol. The minimum absolute atomic E-state index is 0.714. The van der Waals surface area contributed by atoms with Gasteiger partial charge in [-0.05, 0) is 37.5 Å². The van der Waals surface area contributed by atoms with E-state index >= 15 is 0 Å². The summed E-state index contributed by atoms with van der Waals surface area (Å²) in [5.74, 6) is 10.7. The molecule has 1 N–H and O–H groups in total. The lowest BCUT2D eigenvalue weighted by molar-refractivity contribution is 0.281. The molecule has 0 heterocycles. The van der Waals surface area contributed by atoms with E-state index in [1.165, 1.54) is 25.3 Å². The Hall–Kier alpha value is -1.70. The number of allylic oxidation sites excluding steroid dienone is 3. The molecule has 0 fully saturated rings. The highest BCUT2D eigenvalue weighted by molar-refractivity contribution is 5.29. The molecule has 18 heavy (non-hydrogen) atoms. The van der Waals surface area contributed by atoms with Gasteiger partial charge >= 0.3 is 0 Å². The van der Waals surface area contributed by atoms with Crippen molar-refractivity contribution in [3.8, 4) is 23.7 Å². The Morgan fingerprint density at radius 2 is 1.78 bits per heavy atom. The second-order valence-corrected chi connectivity index (χ2v) is 3.85. The van der Waals surface area contributed by atoms with Crippen molar-refractivity contribution in [1.82, 2.24) is 0 Å². The summed E-state index contributed by atoms with van der Waals surface area (Å²) in [4.78, 5) is 0. The van der Waals surface area contributed by atoms with Crippen LogP contribution in [0.3, 0.4) is 0 Å². The SMILES string of the molecule is C=CCCCCC/C=C/CC#CC#CC(O)C=C. The van der Waals surface area contributed by atoms with Crippen LogP contribution in [0.15, 0.2) is 37.5 Å². The zero-order valence-corrected chi connectivity index (χ0v) is 11.0. The second kappa shape index (κ2) is 13.4. The monoisotopic (exact) mass is 242 g/mol. The molecule has 0 rings (SSSR count). The van der Waals surface area contributed by atoms with Crippen molar-refractivity contribution in [2.75, 3.05) is 0 Å². The van der Waals surface area contributed by atoms with Crippen molar-refractivity contribution in [1.29, 1.82) is 0 Å². The third-order valence-corrected chi connectivity index (χ3v) is 2.26. The number of unbranched alkanes of at least 4 members (excludes halogenated alkanes) is 4. The van der Waals surface area contributed by atoms with E-state index in [4.69, 9.17) is 5.11 Å². The van der Waals surface area contributed by atoms with E-state index < -0.39 is 6.10 Å². The predicted molar refractivity (Wildman–Crippen MR) is 78.8 cm³/mol. The highest BCUT2D eigenvalue weighted by Crippen LogP contribution is 2.03. The molecule has 0 saturated heterocycles. The molecule has 0 aliphatic heterocycles. The maximum atomic E-state index is 9.04. The third-order valence-electron chi connectivity index (χ3n) is 2.26. The summed E-state index contributed by atoms with van der Waals surface area (Å²) in [5, 5.41) is 9.04. The van der Waals surface area contributed by atoms with Gasteiger partial charge in [-0.15, -0.1) is 6.58 Å². The topological polar surface area (TPSA) is 20.2 Å². The fraction of sp³-hybridized carbons (Fsp3) is 0.412. The molecule has 0 aromatic heterocycles.